The molecule has 0 unspecified atom stereocenters. The fourth-order valence-corrected chi connectivity index (χ4v) is 0.636. The molecule has 0 fully saturated rings. The van der Waals surface area contributed by atoms with E-state index in [9.17, 15) is 0 Å². The highest BCUT2D eigenvalue weighted by Crippen LogP contribution is 1.94. The molecule has 0 saturated heterocycles. The molecule has 0 aromatic rings. The van der Waals surface area contributed by atoms with E-state index in [1.165, 1.54) is 0 Å². The maximum Gasteiger partial charge on any atom is 0.121 e. The molecule has 0 aromatic heterocycles. The van der Waals surface area contributed by atoms with Crippen molar-refractivity contribution in [3.05, 3.63) is 12.7 Å². The number of aliphatic hydroxyl groups is 1. The number of hydrogen-bond donors (Lipinski definition) is 1. The minimum atomic E-state index is -0.370. The molecule has 1 atom stereocenters. The molecule has 54 valence electrons. The highest BCUT2D eigenvalue weighted by molar-refractivity contribution is 4.76. The maximum atomic E-state index is 9.06. The number of rotatable bonds is 3. The van der Waals surface area contributed by atoms with E-state index in [0.29, 0.717) is 0 Å². The zero-order chi connectivity index (χ0) is 7.49. The van der Waals surface area contributed by atoms with E-state index >= 15 is 0 Å². The van der Waals surface area contributed by atoms with E-state index in [1.54, 1.807) is 6.08 Å². The molecular formula is C7H16NO+. The topological polar surface area (TPSA) is 20.2 Å². The quantitative estimate of drug-likeness (QED) is 0.428. The first-order chi connectivity index (χ1) is 3.95. The van der Waals surface area contributed by atoms with Crippen LogP contribution in [-0.4, -0.2) is 43.4 Å². The Balaban J connectivity index is 3.59. The normalized spacial score (nSPS) is 15.1. The monoisotopic (exact) mass is 130 g/mol. The van der Waals surface area contributed by atoms with Crippen LogP contribution in [0.25, 0.3) is 0 Å². The van der Waals surface area contributed by atoms with Crippen LogP contribution in [0.3, 0.4) is 0 Å². The minimum Gasteiger partial charge on any atom is -0.383 e. The first-order valence-electron chi connectivity index (χ1n) is 3.07. The summed E-state index contributed by atoms with van der Waals surface area (Å²) in [6, 6.07) is 0. The van der Waals surface area contributed by atoms with Gasteiger partial charge in [0.05, 0.1) is 21.1 Å². The fourth-order valence-electron chi connectivity index (χ4n) is 0.636. The van der Waals surface area contributed by atoms with Gasteiger partial charge in [-0.1, -0.05) is 6.08 Å². The van der Waals surface area contributed by atoms with E-state index in [0.717, 1.165) is 11.0 Å². The average Bonchev–Trinajstić information content (AvgIpc) is 1.62. The van der Waals surface area contributed by atoms with Crippen molar-refractivity contribution in [2.24, 2.45) is 0 Å². The van der Waals surface area contributed by atoms with Crippen molar-refractivity contribution in [2.75, 3.05) is 27.7 Å². The van der Waals surface area contributed by atoms with Crippen molar-refractivity contribution >= 4 is 0 Å². The molecule has 0 amide bonds. The van der Waals surface area contributed by atoms with Crippen LogP contribution in [-0.2, 0) is 0 Å². The summed E-state index contributed by atoms with van der Waals surface area (Å²) in [5.74, 6) is 0. The summed E-state index contributed by atoms with van der Waals surface area (Å²) in [6.07, 6.45) is 1.19. The highest BCUT2D eigenvalue weighted by atomic mass is 16.3. The first-order valence-corrected chi connectivity index (χ1v) is 3.07. The molecule has 1 N–H and O–H groups in total. The van der Waals surface area contributed by atoms with Gasteiger partial charge in [0.2, 0.25) is 0 Å². The van der Waals surface area contributed by atoms with Gasteiger partial charge in [-0.2, -0.15) is 0 Å². The Morgan fingerprint density at radius 3 is 2.11 bits per heavy atom. The van der Waals surface area contributed by atoms with E-state index in [-0.39, 0.29) is 6.10 Å². The lowest BCUT2D eigenvalue weighted by molar-refractivity contribution is -0.872. The zero-order valence-corrected chi connectivity index (χ0v) is 6.46. The molecular weight excluding hydrogens is 114 g/mol. The van der Waals surface area contributed by atoms with Crippen molar-refractivity contribution in [2.45, 2.75) is 6.10 Å². The standard InChI is InChI=1S/C7H16NO/c1-5-7(9)6-8(2,3)4/h5,7,9H,1,6H2,2-4H3/q+1/t7-/m0/s1. The summed E-state index contributed by atoms with van der Waals surface area (Å²) in [4.78, 5) is 0. The Morgan fingerprint density at radius 1 is 1.56 bits per heavy atom. The third-order valence-corrected chi connectivity index (χ3v) is 1.01. The van der Waals surface area contributed by atoms with Crippen LogP contribution in [0, 0.1) is 0 Å². The van der Waals surface area contributed by atoms with Crippen molar-refractivity contribution < 1.29 is 9.59 Å². The number of likely N-dealkylation sites (N-methyl/N-ethyl adjacent to an activating group) is 1. The molecule has 0 heterocycles. The Hall–Kier alpha value is -0.340. The minimum absolute atomic E-state index is 0.370. The van der Waals surface area contributed by atoms with Gasteiger partial charge in [0, 0.05) is 0 Å². The predicted octanol–water partition coefficient (Wildman–Crippen LogP) is 0.239. The van der Waals surface area contributed by atoms with Gasteiger partial charge < -0.3 is 9.59 Å². The molecule has 0 radical (unpaired) electrons. The number of quaternary nitrogens is 1. The lowest BCUT2D eigenvalue weighted by Crippen LogP contribution is -2.40. The van der Waals surface area contributed by atoms with Gasteiger partial charge in [0.25, 0.3) is 0 Å². The van der Waals surface area contributed by atoms with Crippen LogP contribution in [0.15, 0.2) is 12.7 Å². The molecule has 2 nitrogen and oxygen atoms in total. The third-order valence-electron chi connectivity index (χ3n) is 1.01. The summed E-state index contributed by atoms with van der Waals surface area (Å²) >= 11 is 0. The molecule has 9 heavy (non-hydrogen) atoms. The summed E-state index contributed by atoms with van der Waals surface area (Å²) in [7, 11) is 6.10. The van der Waals surface area contributed by atoms with Crippen LogP contribution in [0.1, 0.15) is 0 Å². The molecule has 0 spiro atoms. The summed E-state index contributed by atoms with van der Waals surface area (Å²) in [6.45, 7) is 4.21. The van der Waals surface area contributed by atoms with Crippen molar-refractivity contribution in [3.63, 3.8) is 0 Å². The van der Waals surface area contributed by atoms with Gasteiger partial charge in [-0.3, -0.25) is 0 Å². The van der Waals surface area contributed by atoms with Crippen LogP contribution in [0.5, 0.6) is 0 Å². The Labute approximate surface area is 57.0 Å². The van der Waals surface area contributed by atoms with Gasteiger partial charge in [-0.15, -0.1) is 6.58 Å². The number of nitrogens with zero attached hydrogens (tertiary/aromatic N) is 1. The lowest BCUT2D eigenvalue weighted by atomic mass is 10.3. The SMILES string of the molecule is C=C[C@H](O)C[N+](C)(C)C. The molecule has 0 bridgehead atoms. The zero-order valence-electron chi connectivity index (χ0n) is 6.46. The largest absolute Gasteiger partial charge is 0.383 e. The predicted molar refractivity (Wildman–Crippen MR) is 39.1 cm³/mol. The Morgan fingerprint density at radius 2 is 2.00 bits per heavy atom. The first kappa shape index (κ1) is 8.66. The molecule has 0 saturated carbocycles. The van der Waals surface area contributed by atoms with Gasteiger partial charge in [0.1, 0.15) is 12.6 Å². The molecule has 0 rings (SSSR count). The van der Waals surface area contributed by atoms with Gasteiger partial charge in [-0.05, 0) is 0 Å². The highest BCUT2D eigenvalue weighted by Gasteiger charge is 2.10. The average molecular weight is 130 g/mol. The van der Waals surface area contributed by atoms with E-state index in [2.05, 4.69) is 6.58 Å². The Kier molecular flexibility index (Phi) is 2.88. The maximum absolute atomic E-state index is 9.06. The van der Waals surface area contributed by atoms with Crippen molar-refractivity contribution in [1.82, 2.24) is 0 Å². The molecule has 0 aromatic carbocycles. The smallest absolute Gasteiger partial charge is 0.121 e. The van der Waals surface area contributed by atoms with Gasteiger partial charge in [-0.25, -0.2) is 0 Å². The Bertz CT molecular complexity index is 93.6. The van der Waals surface area contributed by atoms with Crippen molar-refractivity contribution in [3.8, 4) is 0 Å². The second-order valence-corrected chi connectivity index (χ2v) is 3.28. The fraction of sp³-hybridized carbons (Fsp3) is 0.714. The van der Waals surface area contributed by atoms with Crippen LogP contribution >= 0.6 is 0 Å². The van der Waals surface area contributed by atoms with Gasteiger partial charge >= 0.3 is 0 Å². The lowest BCUT2D eigenvalue weighted by Gasteiger charge is -2.25. The number of aliphatic hydroxyl groups excluding tert-OH is 1. The van der Waals surface area contributed by atoms with Crippen molar-refractivity contribution in [1.29, 1.82) is 0 Å². The summed E-state index contributed by atoms with van der Waals surface area (Å²) in [5, 5.41) is 9.06. The summed E-state index contributed by atoms with van der Waals surface area (Å²) < 4.78 is 0.771. The third kappa shape index (κ3) is 5.53. The van der Waals surface area contributed by atoms with Crippen LogP contribution in [0.4, 0.5) is 0 Å². The molecule has 2 heteroatoms. The molecule has 0 aliphatic rings. The van der Waals surface area contributed by atoms with Crippen LogP contribution < -0.4 is 0 Å². The van der Waals surface area contributed by atoms with Crippen LogP contribution in [0.2, 0.25) is 0 Å². The van der Waals surface area contributed by atoms with E-state index < -0.39 is 0 Å². The second-order valence-electron chi connectivity index (χ2n) is 3.28. The number of hydrogen-bond acceptors (Lipinski definition) is 1. The van der Waals surface area contributed by atoms with E-state index in [1.807, 2.05) is 21.1 Å². The van der Waals surface area contributed by atoms with E-state index in [4.69, 9.17) is 5.11 Å². The van der Waals surface area contributed by atoms with Gasteiger partial charge in [0.15, 0.2) is 0 Å². The second kappa shape index (κ2) is 2.99. The summed E-state index contributed by atoms with van der Waals surface area (Å²) in [5.41, 5.74) is 0. The molecule has 0 aliphatic carbocycles. The molecule has 0 aliphatic heterocycles.